The highest BCUT2D eigenvalue weighted by Crippen LogP contribution is 2.24. The van der Waals surface area contributed by atoms with Crippen molar-refractivity contribution in [3.8, 4) is 0 Å². The average molecular weight is 520 g/mol. The SMILES string of the molecule is CCN(CC)CCN(C)Cc1cccc(C(=O)Nc2sccc2C(=O)N/N=C/c2ccc(C)c(C)c2)c1. The van der Waals surface area contributed by atoms with Crippen molar-refractivity contribution in [2.45, 2.75) is 34.2 Å². The van der Waals surface area contributed by atoms with E-state index in [0.717, 1.165) is 49.4 Å². The minimum absolute atomic E-state index is 0.247. The minimum atomic E-state index is -0.375. The smallest absolute Gasteiger partial charge is 0.274 e. The molecule has 1 heterocycles. The van der Waals surface area contributed by atoms with Gasteiger partial charge in [0.05, 0.1) is 11.8 Å². The zero-order chi connectivity index (χ0) is 26.8. The number of likely N-dealkylation sites (N-methyl/N-ethyl adjacent to an activating group) is 2. The number of benzene rings is 2. The molecule has 196 valence electrons. The fraction of sp³-hybridized carbons (Fsp3) is 0.345. The summed E-state index contributed by atoms with van der Waals surface area (Å²) in [5.41, 5.74) is 7.83. The van der Waals surface area contributed by atoms with Crippen LogP contribution in [0.3, 0.4) is 0 Å². The number of carbonyl (C=O) groups is 2. The summed E-state index contributed by atoms with van der Waals surface area (Å²) in [6.07, 6.45) is 1.61. The quantitative estimate of drug-likeness (QED) is 0.256. The highest BCUT2D eigenvalue weighted by atomic mass is 32.1. The van der Waals surface area contributed by atoms with Crippen molar-refractivity contribution in [2.24, 2.45) is 5.10 Å². The van der Waals surface area contributed by atoms with E-state index in [1.165, 1.54) is 16.9 Å². The van der Waals surface area contributed by atoms with Crippen molar-refractivity contribution in [1.82, 2.24) is 15.2 Å². The Labute approximate surface area is 224 Å². The van der Waals surface area contributed by atoms with E-state index in [-0.39, 0.29) is 11.8 Å². The lowest BCUT2D eigenvalue weighted by Gasteiger charge is -2.23. The summed E-state index contributed by atoms with van der Waals surface area (Å²) in [4.78, 5) is 30.3. The van der Waals surface area contributed by atoms with E-state index in [9.17, 15) is 9.59 Å². The third-order valence-corrected chi connectivity index (χ3v) is 7.21. The Hall–Kier alpha value is -3.33. The minimum Gasteiger partial charge on any atom is -0.313 e. The van der Waals surface area contributed by atoms with Crippen molar-refractivity contribution >= 4 is 34.4 Å². The maximum Gasteiger partial charge on any atom is 0.274 e. The van der Waals surface area contributed by atoms with Crippen molar-refractivity contribution in [3.05, 3.63) is 87.3 Å². The maximum absolute atomic E-state index is 13.0. The van der Waals surface area contributed by atoms with Crippen LogP contribution in [0.25, 0.3) is 0 Å². The Morgan fingerprint density at radius 2 is 1.76 bits per heavy atom. The third-order valence-electron chi connectivity index (χ3n) is 6.38. The van der Waals surface area contributed by atoms with Crippen LogP contribution >= 0.6 is 11.3 Å². The van der Waals surface area contributed by atoms with Crippen molar-refractivity contribution < 1.29 is 9.59 Å². The normalized spacial score (nSPS) is 11.4. The lowest BCUT2D eigenvalue weighted by Crippen LogP contribution is -2.32. The summed E-state index contributed by atoms with van der Waals surface area (Å²) in [6.45, 7) is 13.2. The van der Waals surface area contributed by atoms with E-state index in [1.54, 1.807) is 23.7 Å². The lowest BCUT2D eigenvalue weighted by molar-refractivity contribution is 0.0956. The first-order valence-corrected chi connectivity index (χ1v) is 13.5. The standard InChI is InChI=1S/C29H37N5O2S/c1-6-34(7-2)15-14-33(5)20-24-9-8-10-25(18-24)27(35)31-29-26(13-16-37-29)28(36)32-30-19-23-12-11-21(3)22(4)17-23/h8-13,16-19H,6-7,14-15,20H2,1-5H3,(H,31,35)(H,32,36)/b30-19+. The van der Waals surface area contributed by atoms with Gasteiger partial charge in [-0.15, -0.1) is 11.3 Å². The van der Waals surface area contributed by atoms with Crippen molar-refractivity contribution in [1.29, 1.82) is 0 Å². The predicted octanol–water partition coefficient (Wildman–Crippen LogP) is 5.15. The third kappa shape index (κ3) is 8.35. The number of thiophene rings is 1. The summed E-state index contributed by atoms with van der Waals surface area (Å²) >= 11 is 1.31. The largest absolute Gasteiger partial charge is 0.313 e. The van der Waals surface area contributed by atoms with Crippen LogP contribution in [0.1, 0.15) is 56.8 Å². The molecular weight excluding hydrogens is 482 g/mol. The van der Waals surface area contributed by atoms with Gasteiger partial charge in [0.25, 0.3) is 11.8 Å². The zero-order valence-corrected chi connectivity index (χ0v) is 23.2. The molecule has 1 aromatic heterocycles. The molecule has 3 aromatic rings. The first-order chi connectivity index (χ1) is 17.8. The van der Waals surface area contributed by atoms with Gasteiger partial charge in [0.2, 0.25) is 0 Å². The molecule has 0 unspecified atom stereocenters. The van der Waals surface area contributed by atoms with Gasteiger partial charge in [0.15, 0.2) is 0 Å². The molecule has 0 atom stereocenters. The maximum atomic E-state index is 13.0. The van der Waals surface area contributed by atoms with Crippen LogP contribution in [0.4, 0.5) is 5.00 Å². The highest BCUT2D eigenvalue weighted by Gasteiger charge is 2.16. The second-order valence-corrected chi connectivity index (χ2v) is 10.0. The molecule has 3 rings (SSSR count). The Morgan fingerprint density at radius 1 is 0.973 bits per heavy atom. The Bertz CT molecular complexity index is 1230. The van der Waals surface area contributed by atoms with Gasteiger partial charge in [-0.25, -0.2) is 5.43 Å². The van der Waals surface area contributed by atoms with Gasteiger partial charge in [0.1, 0.15) is 5.00 Å². The number of hydrogen-bond acceptors (Lipinski definition) is 6. The van der Waals surface area contributed by atoms with E-state index in [4.69, 9.17) is 0 Å². The fourth-order valence-corrected chi connectivity index (χ4v) is 4.66. The second-order valence-electron chi connectivity index (χ2n) is 9.13. The predicted molar refractivity (Wildman–Crippen MR) is 154 cm³/mol. The molecule has 2 amide bonds. The number of rotatable bonds is 12. The molecule has 0 aliphatic heterocycles. The van der Waals surface area contributed by atoms with E-state index in [2.05, 4.69) is 46.5 Å². The molecule has 2 aromatic carbocycles. The Balaban J connectivity index is 1.59. The van der Waals surface area contributed by atoms with Gasteiger partial charge in [-0.05, 0) is 79.8 Å². The van der Waals surface area contributed by atoms with Crippen molar-refractivity contribution in [3.63, 3.8) is 0 Å². The number of amides is 2. The van der Waals surface area contributed by atoms with Crippen LogP contribution in [0.15, 0.2) is 59.0 Å². The molecule has 0 fully saturated rings. The number of nitrogens with zero attached hydrogens (tertiary/aromatic N) is 3. The fourth-order valence-electron chi connectivity index (χ4n) is 3.88. The van der Waals surface area contributed by atoms with E-state index in [1.807, 2.05) is 50.2 Å². The molecule has 0 aliphatic rings. The van der Waals surface area contributed by atoms with E-state index < -0.39 is 0 Å². The van der Waals surface area contributed by atoms with Gasteiger partial charge in [0, 0.05) is 25.2 Å². The monoisotopic (exact) mass is 519 g/mol. The highest BCUT2D eigenvalue weighted by molar-refractivity contribution is 7.14. The van der Waals surface area contributed by atoms with Crippen LogP contribution in [0.5, 0.6) is 0 Å². The summed E-state index contributed by atoms with van der Waals surface area (Å²) in [6, 6.07) is 15.3. The molecule has 0 saturated carbocycles. The summed E-state index contributed by atoms with van der Waals surface area (Å²) in [5, 5.41) is 9.24. The molecule has 0 aliphatic carbocycles. The van der Waals surface area contributed by atoms with Crippen LogP contribution in [0, 0.1) is 13.8 Å². The summed E-state index contributed by atoms with van der Waals surface area (Å²) in [7, 11) is 2.09. The first kappa shape index (κ1) is 28.2. The lowest BCUT2D eigenvalue weighted by atomic mass is 10.1. The van der Waals surface area contributed by atoms with Gasteiger partial charge in [-0.3, -0.25) is 9.59 Å². The van der Waals surface area contributed by atoms with Gasteiger partial charge in [-0.2, -0.15) is 5.10 Å². The molecule has 37 heavy (non-hydrogen) atoms. The van der Waals surface area contributed by atoms with Gasteiger partial charge < -0.3 is 15.1 Å². The second kappa shape index (κ2) is 13.8. The molecule has 0 saturated heterocycles. The molecule has 7 nitrogen and oxygen atoms in total. The summed E-state index contributed by atoms with van der Waals surface area (Å²) in [5.74, 6) is -0.622. The Morgan fingerprint density at radius 3 is 2.49 bits per heavy atom. The van der Waals surface area contributed by atoms with Gasteiger partial charge >= 0.3 is 0 Å². The average Bonchev–Trinajstić information content (AvgIpc) is 3.35. The van der Waals surface area contributed by atoms with Crippen molar-refractivity contribution in [2.75, 3.05) is 38.5 Å². The number of hydrogen-bond donors (Lipinski definition) is 2. The molecule has 8 heteroatoms. The van der Waals surface area contributed by atoms with Crippen LogP contribution in [0.2, 0.25) is 0 Å². The molecular formula is C29H37N5O2S. The number of hydrazone groups is 1. The van der Waals surface area contributed by atoms with Gasteiger partial charge in [-0.1, -0.05) is 44.2 Å². The topological polar surface area (TPSA) is 77.0 Å². The van der Waals surface area contributed by atoms with E-state index >= 15 is 0 Å². The molecule has 2 N–H and O–H groups in total. The Kier molecular flexibility index (Phi) is 10.6. The van der Waals surface area contributed by atoms with E-state index in [0.29, 0.717) is 16.1 Å². The number of carbonyl (C=O) groups excluding carboxylic acids is 2. The number of anilines is 1. The number of nitrogens with one attached hydrogen (secondary N) is 2. The summed E-state index contributed by atoms with van der Waals surface area (Å²) < 4.78 is 0. The zero-order valence-electron chi connectivity index (χ0n) is 22.4. The van der Waals surface area contributed by atoms with Crippen LogP contribution < -0.4 is 10.7 Å². The number of aryl methyl sites for hydroxylation is 2. The molecule has 0 spiro atoms. The van der Waals surface area contributed by atoms with Crippen LogP contribution in [-0.2, 0) is 6.54 Å². The molecule has 0 radical (unpaired) electrons. The van der Waals surface area contributed by atoms with Crippen LogP contribution in [-0.4, -0.2) is 61.1 Å². The molecule has 0 bridgehead atoms. The first-order valence-electron chi connectivity index (χ1n) is 12.6.